The van der Waals surface area contributed by atoms with E-state index in [-0.39, 0.29) is 12.5 Å². The highest BCUT2D eigenvalue weighted by atomic mass is 16.4. The minimum absolute atomic E-state index is 0.0302. The highest BCUT2D eigenvalue weighted by Crippen LogP contribution is 2.18. The summed E-state index contributed by atoms with van der Waals surface area (Å²) in [6.07, 6.45) is 0.403. The van der Waals surface area contributed by atoms with Crippen LogP contribution in [0.2, 0.25) is 0 Å². The molecule has 0 bridgehead atoms. The van der Waals surface area contributed by atoms with Gasteiger partial charge in [-0.05, 0) is 24.1 Å². The highest BCUT2D eigenvalue weighted by Gasteiger charge is 2.08. The molecule has 0 aliphatic carbocycles. The van der Waals surface area contributed by atoms with Crippen LogP contribution in [0.3, 0.4) is 0 Å². The standard InChI is InChI=1S/C11H15N3O3/c12-9(5-6-10(15)16)7-1-3-8(4-2-7)14-11(13)17/h1-4,9H,5-6,12H2,(H,15,16)(H3,13,14,17). The third-order valence-electron chi connectivity index (χ3n) is 2.28. The quantitative estimate of drug-likeness (QED) is 0.611. The van der Waals surface area contributed by atoms with E-state index in [2.05, 4.69) is 5.32 Å². The van der Waals surface area contributed by atoms with Crippen LogP contribution >= 0.6 is 0 Å². The van der Waals surface area contributed by atoms with Gasteiger partial charge in [0.05, 0.1) is 0 Å². The summed E-state index contributed by atoms with van der Waals surface area (Å²) < 4.78 is 0. The molecule has 6 heteroatoms. The van der Waals surface area contributed by atoms with Crippen LogP contribution in [0.25, 0.3) is 0 Å². The zero-order valence-corrected chi connectivity index (χ0v) is 9.22. The first-order chi connectivity index (χ1) is 7.99. The number of rotatable bonds is 5. The molecular weight excluding hydrogens is 222 g/mol. The fraction of sp³-hybridized carbons (Fsp3) is 0.273. The summed E-state index contributed by atoms with van der Waals surface area (Å²) in [5.74, 6) is -0.868. The third kappa shape index (κ3) is 4.52. The lowest BCUT2D eigenvalue weighted by Gasteiger charge is -2.11. The van der Waals surface area contributed by atoms with Crippen molar-refractivity contribution in [2.45, 2.75) is 18.9 Å². The van der Waals surface area contributed by atoms with E-state index >= 15 is 0 Å². The van der Waals surface area contributed by atoms with Gasteiger partial charge < -0.3 is 21.9 Å². The van der Waals surface area contributed by atoms with Crippen molar-refractivity contribution in [3.8, 4) is 0 Å². The lowest BCUT2D eigenvalue weighted by Crippen LogP contribution is -2.19. The van der Waals surface area contributed by atoms with Crippen LogP contribution < -0.4 is 16.8 Å². The van der Waals surface area contributed by atoms with Gasteiger partial charge >= 0.3 is 12.0 Å². The molecular formula is C11H15N3O3. The van der Waals surface area contributed by atoms with Crippen molar-refractivity contribution >= 4 is 17.7 Å². The lowest BCUT2D eigenvalue weighted by atomic mass is 10.0. The number of anilines is 1. The molecule has 1 unspecified atom stereocenters. The Bertz CT molecular complexity index is 403. The van der Waals surface area contributed by atoms with Crippen LogP contribution in [0, 0.1) is 0 Å². The molecule has 0 spiro atoms. The number of primary amides is 1. The molecule has 1 rings (SSSR count). The van der Waals surface area contributed by atoms with Crippen molar-refractivity contribution in [1.82, 2.24) is 0 Å². The van der Waals surface area contributed by atoms with Crippen molar-refractivity contribution in [2.24, 2.45) is 11.5 Å². The van der Waals surface area contributed by atoms with Gasteiger partial charge in [-0.25, -0.2) is 4.79 Å². The molecule has 1 aromatic rings. The first kappa shape index (κ1) is 13.0. The number of nitrogens with one attached hydrogen (secondary N) is 1. The largest absolute Gasteiger partial charge is 0.481 e. The summed E-state index contributed by atoms with van der Waals surface area (Å²) in [4.78, 5) is 21.0. The van der Waals surface area contributed by atoms with Gasteiger partial charge in [0.1, 0.15) is 0 Å². The summed E-state index contributed by atoms with van der Waals surface area (Å²) in [6.45, 7) is 0. The van der Waals surface area contributed by atoms with E-state index in [9.17, 15) is 9.59 Å². The number of benzene rings is 1. The monoisotopic (exact) mass is 237 g/mol. The van der Waals surface area contributed by atoms with Gasteiger partial charge in [-0.2, -0.15) is 0 Å². The van der Waals surface area contributed by atoms with Gasteiger partial charge in [-0.1, -0.05) is 12.1 Å². The molecule has 2 amide bonds. The molecule has 0 fully saturated rings. The lowest BCUT2D eigenvalue weighted by molar-refractivity contribution is -0.137. The number of carbonyl (C=O) groups is 2. The Balaban J connectivity index is 2.60. The molecule has 0 radical (unpaired) electrons. The van der Waals surface area contributed by atoms with Crippen LogP contribution in [-0.4, -0.2) is 17.1 Å². The summed E-state index contributed by atoms with van der Waals surface area (Å²) >= 11 is 0. The second kappa shape index (κ2) is 5.86. The Labute approximate surface area is 98.6 Å². The van der Waals surface area contributed by atoms with Crippen molar-refractivity contribution in [2.75, 3.05) is 5.32 Å². The maximum absolute atomic E-state index is 10.6. The summed E-state index contributed by atoms with van der Waals surface area (Å²) in [7, 11) is 0. The molecule has 92 valence electrons. The fourth-order valence-electron chi connectivity index (χ4n) is 1.40. The molecule has 6 N–H and O–H groups in total. The van der Waals surface area contributed by atoms with Crippen LogP contribution in [0.5, 0.6) is 0 Å². The topological polar surface area (TPSA) is 118 Å². The Hall–Kier alpha value is -2.08. The number of hydrogen-bond acceptors (Lipinski definition) is 3. The highest BCUT2D eigenvalue weighted by molar-refractivity contribution is 5.87. The van der Waals surface area contributed by atoms with Gasteiger partial charge in [-0.3, -0.25) is 4.79 Å². The number of carbonyl (C=O) groups excluding carboxylic acids is 1. The Kier molecular flexibility index (Phi) is 4.47. The van der Waals surface area contributed by atoms with E-state index in [1.807, 2.05) is 0 Å². The van der Waals surface area contributed by atoms with E-state index < -0.39 is 12.0 Å². The van der Waals surface area contributed by atoms with E-state index in [1.54, 1.807) is 24.3 Å². The third-order valence-corrected chi connectivity index (χ3v) is 2.28. The number of amides is 2. The number of aliphatic carboxylic acids is 1. The van der Waals surface area contributed by atoms with Crippen LogP contribution in [-0.2, 0) is 4.79 Å². The predicted octanol–water partition coefficient (Wildman–Crippen LogP) is 1.04. The zero-order valence-electron chi connectivity index (χ0n) is 9.22. The van der Waals surface area contributed by atoms with E-state index in [0.717, 1.165) is 5.56 Å². The van der Waals surface area contributed by atoms with Gasteiger partial charge in [0.2, 0.25) is 0 Å². The second-order valence-electron chi connectivity index (χ2n) is 3.65. The number of carboxylic acid groups (broad SMARTS) is 1. The van der Waals surface area contributed by atoms with E-state index in [4.69, 9.17) is 16.6 Å². The smallest absolute Gasteiger partial charge is 0.316 e. The Morgan fingerprint density at radius 1 is 1.29 bits per heavy atom. The number of hydrogen-bond donors (Lipinski definition) is 4. The van der Waals surface area contributed by atoms with Crippen LogP contribution in [0.1, 0.15) is 24.4 Å². The molecule has 1 atom stereocenters. The molecule has 0 aromatic heterocycles. The van der Waals surface area contributed by atoms with Crippen molar-refractivity contribution in [3.05, 3.63) is 29.8 Å². The summed E-state index contributed by atoms with van der Waals surface area (Å²) in [5.41, 5.74) is 12.2. The van der Waals surface area contributed by atoms with Gasteiger partial charge in [0, 0.05) is 18.2 Å². The number of carboxylic acids is 1. The zero-order chi connectivity index (χ0) is 12.8. The molecule has 17 heavy (non-hydrogen) atoms. The normalized spacial score (nSPS) is 11.8. The van der Waals surface area contributed by atoms with Crippen LogP contribution in [0.4, 0.5) is 10.5 Å². The Morgan fingerprint density at radius 3 is 2.35 bits per heavy atom. The molecule has 0 saturated heterocycles. The molecule has 1 aromatic carbocycles. The molecule has 0 saturated carbocycles. The van der Waals surface area contributed by atoms with Crippen molar-refractivity contribution in [3.63, 3.8) is 0 Å². The van der Waals surface area contributed by atoms with Crippen molar-refractivity contribution in [1.29, 1.82) is 0 Å². The van der Waals surface area contributed by atoms with Crippen molar-refractivity contribution < 1.29 is 14.7 Å². The number of nitrogens with two attached hydrogens (primary N) is 2. The van der Waals surface area contributed by atoms with E-state index in [0.29, 0.717) is 12.1 Å². The summed E-state index contributed by atoms with van der Waals surface area (Å²) in [6, 6.07) is 5.85. The number of urea groups is 1. The van der Waals surface area contributed by atoms with Crippen LogP contribution in [0.15, 0.2) is 24.3 Å². The minimum atomic E-state index is -0.868. The maximum Gasteiger partial charge on any atom is 0.316 e. The first-order valence-corrected chi connectivity index (χ1v) is 5.13. The maximum atomic E-state index is 10.6. The molecule has 0 aliphatic heterocycles. The average Bonchev–Trinajstić information content (AvgIpc) is 2.26. The molecule has 0 heterocycles. The second-order valence-corrected chi connectivity index (χ2v) is 3.65. The first-order valence-electron chi connectivity index (χ1n) is 5.13. The fourth-order valence-corrected chi connectivity index (χ4v) is 1.40. The predicted molar refractivity (Wildman–Crippen MR) is 63.4 cm³/mol. The SMILES string of the molecule is NC(=O)Nc1ccc(C(N)CCC(=O)O)cc1. The Morgan fingerprint density at radius 2 is 1.88 bits per heavy atom. The molecule has 0 aliphatic rings. The average molecular weight is 237 g/mol. The summed E-state index contributed by atoms with van der Waals surface area (Å²) in [5, 5.41) is 11.0. The molecule has 6 nitrogen and oxygen atoms in total. The van der Waals surface area contributed by atoms with E-state index in [1.165, 1.54) is 0 Å². The minimum Gasteiger partial charge on any atom is -0.481 e. The van der Waals surface area contributed by atoms with Gasteiger partial charge in [0.25, 0.3) is 0 Å². The van der Waals surface area contributed by atoms with Gasteiger partial charge in [-0.15, -0.1) is 0 Å². The van der Waals surface area contributed by atoms with Gasteiger partial charge in [0.15, 0.2) is 0 Å².